The normalized spacial score (nSPS) is 27.3. The van der Waals surface area contributed by atoms with Crippen LogP contribution in [0.25, 0.3) is 0 Å². The number of hydrogen-bond donors (Lipinski definition) is 1. The summed E-state index contributed by atoms with van der Waals surface area (Å²) in [4.78, 5) is 2.59. The summed E-state index contributed by atoms with van der Waals surface area (Å²) < 4.78 is 0. The fourth-order valence-corrected chi connectivity index (χ4v) is 4.17. The van der Waals surface area contributed by atoms with Gasteiger partial charge in [0.05, 0.1) is 0 Å². The van der Waals surface area contributed by atoms with Crippen LogP contribution in [0.1, 0.15) is 43.2 Å². The Bertz CT molecular complexity index is 460. The molecule has 0 spiro atoms. The Labute approximate surface area is 127 Å². The monoisotopic (exact) mass is 292 g/mol. The van der Waals surface area contributed by atoms with Gasteiger partial charge < -0.3 is 5.73 Å². The summed E-state index contributed by atoms with van der Waals surface area (Å²) in [7, 11) is 0. The maximum atomic E-state index is 6.38. The van der Waals surface area contributed by atoms with Gasteiger partial charge in [-0.3, -0.25) is 4.90 Å². The van der Waals surface area contributed by atoms with E-state index in [1.165, 1.54) is 50.8 Å². The van der Waals surface area contributed by atoms with Gasteiger partial charge in [-0.2, -0.15) is 0 Å². The Balaban J connectivity index is 1.63. The van der Waals surface area contributed by atoms with Gasteiger partial charge in [0.1, 0.15) is 0 Å². The van der Waals surface area contributed by atoms with Gasteiger partial charge in [0, 0.05) is 24.7 Å². The standard InChI is InChI=1S/C17H25ClN2/c18-17-9-13(10-19)5-6-16(17)12-20-8-7-14-3-1-2-4-15(14)11-20/h5-6,9,14-15H,1-4,7-8,10-12,19H2. The van der Waals surface area contributed by atoms with E-state index in [0.29, 0.717) is 6.54 Å². The molecular weight excluding hydrogens is 268 g/mol. The van der Waals surface area contributed by atoms with E-state index in [1.807, 2.05) is 6.07 Å². The van der Waals surface area contributed by atoms with Crippen LogP contribution >= 0.6 is 11.6 Å². The number of halogens is 1. The molecule has 1 aromatic carbocycles. The highest BCUT2D eigenvalue weighted by Gasteiger charge is 2.31. The third-order valence-electron chi connectivity index (χ3n) is 5.12. The van der Waals surface area contributed by atoms with Crippen molar-refractivity contribution in [3.05, 3.63) is 34.3 Å². The second-order valence-electron chi connectivity index (χ2n) is 6.46. The molecular formula is C17H25ClN2. The number of piperidine rings is 1. The maximum absolute atomic E-state index is 6.38. The van der Waals surface area contributed by atoms with Gasteiger partial charge in [0.25, 0.3) is 0 Å². The van der Waals surface area contributed by atoms with Crippen molar-refractivity contribution in [1.82, 2.24) is 4.90 Å². The number of rotatable bonds is 3. The molecule has 2 aliphatic rings. The minimum absolute atomic E-state index is 0.563. The molecule has 0 bridgehead atoms. The summed E-state index contributed by atoms with van der Waals surface area (Å²) in [5, 5.41) is 0.874. The van der Waals surface area contributed by atoms with Crippen LogP contribution in [-0.2, 0) is 13.1 Å². The minimum Gasteiger partial charge on any atom is -0.326 e. The second-order valence-corrected chi connectivity index (χ2v) is 6.87. The topological polar surface area (TPSA) is 29.3 Å². The first-order chi connectivity index (χ1) is 9.76. The van der Waals surface area contributed by atoms with Crippen molar-refractivity contribution in [3.8, 4) is 0 Å². The molecule has 3 heteroatoms. The number of nitrogens with two attached hydrogens (primary N) is 1. The molecule has 2 atom stereocenters. The first kappa shape index (κ1) is 14.4. The van der Waals surface area contributed by atoms with E-state index in [4.69, 9.17) is 17.3 Å². The quantitative estimate of drug-likeness (QED) is 0.918. The first-order valence-corrected chi connectivity index (χ1v) is 8.34. The molecule has 1 aliphatic heterocycles. The van der Waals surface area contributed by atoms with E-state index >= 15 is 0 Å². The van der Waals surface area contributed by atoms with E-state index < -0.39 is 0 Å². The van der Waals surface area contributed by atoms with Crippen molar-refractivity contribution < 1.29 is 0 Å². The van der Waals surface area contributed by atoms with Crippen molar-refractivity contribution in [3.63, 3.8) is 0 Å². The summed E-state index contributed by atoms with van der Waals surface area (Å²) in [6.07, 6.45) is 7.16. The molecule has 20 heavy (non-hydrogen) atoms. The zero-order valence-electron chi connectivity index (χ0n) is 12.2. The fraction of sp³-hybridized carbons (Fsp3) is 0.647. The molecule has 2 nitrogen and oxygen atoms in total. The van der Waals surface area contributed by atoms with Crippen LogP contribution in [-0.4, -0.2) is 18.0 Å². The molecule has 0 amide bonds. The molecule has 2 unspecified atom stereocenters. The highest BCUT2D eigenvalue weighted by Crippen LogP contribution is 2.36. The minimum atomic E-state index is 0.563. The molecule has 110 valence electrons. The van der Waals surface area contributed by atoms with Crippen molar-refractivity contribution in [2.24, 2.45) is 17.6 Å². The van der Waals surface area contributed by atoms with E-state index in [-0.39, 0.29) is 0 Å². The predicted octanol–water partition coefficient (Wildman–Crippen LogP) is 3.81. The van der Waals surface area contributed by atoms with E-state index in [2.05, 4.69) is 17.0 Å². The van der Waals surface area contributed by atoms with E-state index in [9.17, 15) is 0 Å². The molecule has 2 N–H and O–H groups in total. The van der Waals surface area contributed by atoms with Gasteiger partial charge in [0.15, 0.2) is 0 Å². The van der Waals surface area contributed by atoms with Crippen molar-refractivity contribution in [1.29, 1.82) is 0 Å². The maximum Gasteiger partial charge on any atom is 0.0454 e. The Morgan fingerprint density at radius 2 is 1.95 bits per heavy atom. The molecule has 1 saturated heterocycles. The van der Waals surface area contributed by atoms with Gasteiger partial charge >= 0.3 is 0 Å². The second kappa shape index (κ2) is 6.46. The highest BCUT2D eigenvalue weighted by atomic mass is 35.5. The number of likely N-dealkylation sites (tertiary alicyclic amines) is 1. The van der Waals surface area contributed by atoms with Crippen molar-refractivity contribution in [2.45, 2.75) is 45.2 Å². The number of nitrogens with zero attached hydrogens (tertiary/aromatic N) is 1. The molecule has 0 aromatic heterocycles. The van der Waals surface area contributed by atoms with E-state index in [1.54, 1.807) is 0 Å². The van der Waals surface area contributed by atoms with Crippen LogP contribution < -0.4 is 5.73 Å². The number of benzene rings is 1. The van der Waals surface area contributed by atoms with Gasteiger partial charge in [-0.15, -0.1) is 0 Å². The van der Waals surface area contributed by atoms with E-state index in [0.717, 1.165) is 29.0 Å². The van der Waals surface area contributed by atoms with Crippen LogP contribution in [0, 0.1) is 11.8 Å². The average molecular weight is 293 g/mol. The van der Waals surface area contributed by atoms with Gasteiger partial charge in [-0.05, 0) is 48.4 Å². The SMILES string of the molecule is NCc1ccc(CN2CCC3CCCCC3C2)c(Cl)c1. The Hall–Kier alpha value is -0.570. The Morgan fingerprint density at radius 3 is 2.70 bits per heavy atom. The number of fused-ring (bicyclic) bond motifs is 1. The van der Waals surface area contributed by atoms with Gasteiger partial charge in [-0.1, -0.05) is 43.0 Å². The average Bonchev–Trinajstić information content (AvgIpc) is 2.49. The summed E-state index contributed by atoms with van der Waals surface area (Å²) in [6.45, 7) is 4.05. The van der Waals surface area contributed by atoms with Crippen LogP contribution in [0.5, 0.6) is 0 Å². The molecule has 0 radical (unpaired) electrons. The third-order valence-corrected chi connectivity index (χ3v) is 5.47. The molecule has 1 heterocycles. The van der Waals surface area contributed by atoms with Gasteiger partial charge in [0.2, 0.25) is 0 Å². The fourth-order valence-electron chi connectivity index (χ4n) is 3.91. The van der Waals surface area contributed by atoms with Crippen molar-refractivity contribution >= 4 is 11.6 Å². The third kappa shape index (κ3) is 3.19. The van der Waals surface area contributed by atoms with Crippen LogP contribution in [0.4, 0.5) is 0 Å². The Kier molecular flexibility index (Phi) is 4.65. The lowest BCUT2D eigenvalue weighted by Gasteiger charge is -2.41. The van der Waals surface area contributed by atoms with Crippen molar-refractivity contribution in [2.75, 3.05) is 13.1 Å². The lowest BCUT2D eigenvalue weighted by molar-refractivity contribution is 0.0821. The molecule has 1 saturated carbocycles. The highest BCUT2D eigenvalue weighted by molar-refractivity contribution is 6.31. The predicted molar refractivity (Wildman–Crippen MR) is 84.7 cm³/mol. The molecule has 1 aliphatic carbocycles. The zero-order chi connectivity index (χ0) is 13.9. The molecule has 3 rings (SSSR count). The van der Waals surface area contributed by atoms with Crippen LogP contribution in [0.15, 0.2) is 18.2 Å². The Morgan fingerprint density at radius 1 is 1.15 bits per heavy atom. The lowest BCUT2D eigenvalue weighted by atomic mass is 9.75. The summed E-state index contributed by atoms with van der Waals surface area (Å²) in [5.74, 6) is 1.93. The first-order valence-electron chi connectivity index (χ1n) is 7.96. The summed E-state index contributed by atoms with van der Waals surface area (Å²) in [6, 6.07) is 6.27. The summed E-state index contributed by atoms with van der Waals surface area (Å²) in [5.41, 5.74) is 8.02. The smallest absolute Gasteiger partial charge is 0.0454 e. The lowest BCUT2D eigenvalue weighted by Crippen LogP contribution is -2.41. The largest absolute Gasteiger partial charge is 0.326 e. The zero-order valence-corrected chi connectivity index (χ0v) is 12.9. The number of hydrogen-bond acceptors (Lipinski definition) is 2. The van der Waals surface area contributed by atoms with Gasteiger partial charge in [-0.25, -0.2) is 0 Å². The van der Waals surface area contributed by atoms with Crippen LogP contribution in [0.3, 0.4) is 0 Å². The molecule has 2 fully saturated rings. The molecule has 1 aromatic rings. The van der Waals surface area contributed by atoms with Crippen LogP contribution in [0.2, 0.25) is 5.02 Å². The summed E-state index contributed by atoms with van der Waals surface area (Å²) >= 11 is 6.38.